The Balaban J connectivity index is 1.86. The molecule has 4 nitrogen and oxygen atoms in total. The van der Waals surface area contributed by atoms with Crippen LogP contribution in [-0.2, 0) is 6.42 Å². The lowest BCUT2D eigenvalue weighted by Crippen LogP contribution is -2.37. The van der Waals surface area contributed by atoms with Crippen LogP contribution in [-0.4, -0.2) is 28.4 Å². The summed E-state index contributed by atoms with van der Waals surface area (Å²) in [7, 11) is 0. The van der Waals surface area contributed by atoms with Crippen LogP contribution in [0.5, 0.6) is 0 Å². The molecule has 2 aromatic rings. The predicted octanol–water partition coefficient (Wildman–Crippen LogP) is 3.27. The standard InChI is InChI=1S/C14H13NO3S2/c1-8-9-5-7-19-10(9)4-6-15(8)13(16)11-2-3-12(20-11)14(17)18/h2-3,5,7-8H,4,6H2,1H3,(H,17,18)/t8-/m0/s1. The zero-order chi connectivity index (χ0) is 14.3. The highest BCUT2D eigenvalue weighted by Gasteiger charge is 2.29. The third kappa shape index (κ3) is 2.14. The third-order valence-corrected chi connectivity index (χ3v) is 5.62. The lowest BCUT2D eigenvalue weighted by atomic mass is 10.0. The molecule has 0 saturated heterocycles. The molecule has 1 aliphatic heterocycles. The van der Waals surface area contributed by atoms with Gasteiger partial charge in [0, 0.05) is 11.4 Å². The van der Waals surface area contributed by atoms with Gasteiger partial charge in [-0.25, -0.2) is 4.79 Å². The van der Waals surface area contributed by atoms with Gasteiger partial charge in [0.2, 0.25) is 0 Å². The predicted molar refractivity (Wildman–Crippen MR) is 78.8 cm³/mol. The van der Waals surface area contributed by atoms with Crippen LogP contribution in [0.25, 0.3) is 0 Å². The second-order valence-electron chi connectivity index (χ2n) is 4.69. The SMILES string of the molecule is C[C@H]1c2ccsc2CCN1C(=O)c1ccc(C(=O)O)s1. The molecule has 104 valence electrons. The van der Waals surface area contributed by atoms with Crippen molar-refractivity contribution in [3.63, 3.8) is 0 Å². The number of nitrogens with zero attached hydrogens (tertiary/aromatic N) is 1. The van der Waals surface area contributed by atoms with E-state index in [4.69, 9.17) is 5.11 Å². The van der Waals surface area contributed by atoms with E-state index in [0.717, 1.165) is 17.8 Å². The minimum atomic E-state index is -0.985. The van der Waals surface area contributed by atoms with Gasteiger partial charge in [-0.1, -0.05) is 0 Å². The van der Waals surface area contributed by atoms with Gasteiger partial charge in [0.1, 0.15) is 4.88 Å². The summed E-state index contributed by atoms with van der Waals surface area (Å²) in [5.41, 5.74) is 1.21. The van der Waals surface area contributed by atoms with Crippen molar-refractivity contribution in [3.05, 3.63) is 43.8 Å². The van der Waals surface area contributed by atoms with Crippen molar-refractivity contribution < 1.29 is 14.7 Å². The van der Waals surface area contributed by atoms with Crippen LogP contribution in [0.3, 0.4) is 0 Å². The molecule has 1 amide bonds. The molecule has 0 aromatic carbocycles. The van der Waals surface area contributed by atoms with Gasteiger partial charge < -0.3 is 10.0 Å². The zero-order valence-corrected chi connectivity index (χ0v) is 12.5. The molecule has 1 N–H and O–H groups in total. The smallest absolute Gasteiger partial charge is 0.345 e. The molecule has 6 heteroatoms. The summed E-state index contributed by atoms with van der Waals surface area (Å²) in [6, 6.07) is 5.21. The fourth-order valence-electron chi connectivity index (χ4n) is 2.50. The molecule has 1 aliphatic rings. The molecule has 0 fully saturated rings. The second kappa shape index (κ2) is 5.03. The third-order valence-electron chi connectivity index (χ3n) is 3.57. The quantitative estimate of drug-likeness (QED) is 0.926. The van der Waals surface area contributed by atoms with E-state index in [9.17, 15) is 9.59 Å². The number of carboxylic acids is 1. The first kappa shape index (κ1) is 13.3. The van der Waals surface area contributed by atoms with Crippen molar-refractivity contribution >= 4 is 34.6 Å². The molecular formula is C14H13NO3S2. The van der Waals surface area contributed by atoms with E-state index in [1.54, 1.807) is 17.4 Å². The first-order valence-electron chi connectivity index (χ1n) is 6.28. The molecule has 0 unspecified atom stereocenters. The topological polar surface area (TPSA) is 57.6 Å². The summed E-state index contributed by atoms with van der Waals surface area (Å²) in [5, 5.41) is 11.0. The number of hydrogen-bond donors (Lipinski definition) is 1. The molecule has 0 bridgehead atoms. The minimum Gasteiger partial charge on any atom is -0.477 e. The number of amides is 1. The Bertz CT molecular complexity index is 674. The van der Waals surface area contributed by atoms with Gasteiger partial charge in [-0.15, -0.1) is 22.7 Å². The van der Waals surface area contributed by atoms with E-state index in [0.29, 0.717) is 11.4 Å². The first-order valence-corrected chi connectivity index (χ1v) is 7.98. The van der Waals surface area contributed by atoms with Crippen molar-refractivity contribution in [3.8, 4) is 0 Å². The van der Waals surface area contributed by atoms with E-state index in [2.05, 4.69) is 11.4 Å². The zero-order valence-electron chi connectivity index (χ0n) is 10.8. The van der Waals surface area contributed by atoms with Gasteiger partial charge in [-0.05, 0) is 42.5 Å². The van der Waals surface area contributed by atoms with Crippen LogP contribution in [0.1, 0.15) is 42.7 Å². The number of fused-ring (bicyclic) bond motifs is 1. The molecule has 3 heterocycles. The van der Waals surface area contributed by atoms with Crippen LogP contribution in [0.4, 0.5) is 0 Å². The molecule has 0 saturated carbocycles. The lowest BCUT2D eigenvalue weighted by Gasteiger charge is -2.33. The Kier molecular flexibility index (Phi) is 3.35. The maximum Gasteiger partial charge on any atom is 0.345 e. The normalized spacial score (nSPS) is 17.9. The number of thiophene rings is 2. The van der Waals surface area contributed by atoms with Gasteiger partial charge in [0.15, 0.2) is 0 Å². The van der Waals surface area contributed by atoms with Crippen molar-refractivity contribution in [2.24, 2.45) is 0 Å². The minimum absolute atomic E-state index is 0.0490. The Hall–Kier alpha value is -1.66. The molecule has 0 radical (unpaired) electrons. The number of rotatable bonds is 2. The van der Waals surface area contributed by atoms with Crippen molar-refractivity contribution in [1.82, 2.24) is 4.90 Å². The number of carboxylic acid groups (broad SMARTS) is 1. The van der Waals surface area contributed by atoms with Crippen LogP contribution >= 0.6 is 22.7 Å². The molecular weight excluding hydrogens is 294 g/mol. The van der Waals surface area contributed by atoms with Gasteiger partial charge in [0.25, 0.3) is 5.91 Å². The highest BCUT2D eigenvalue weighted by molar-refractivity contribution is 7.15. The van der Waals surface area contributed by atoms with Gasteiger partial charge in [-0.3, -0.25) is 4.79 Å². The summed E-state index contributed by atoms with van der Waals surface area (Å²) in [4.78, 5) is 27.3. The van der Waals surface area contributed by atoms with E-state index < -0.39 is 5.97 Å². The van der Waals surface area contributed by atoms with E-state index in [-0.39, 0.29) is 16.8 Å². The molecule has 3 rings (SSSR count). The monoisotopic (exact) mass is 307 g/mol. The van der Waals surface area contributed by atoms with E-state index >= 15 is 0 Å². The molecule has 0 aliphatic carbocycles. The Morgan fingerprint density at radius 3 is 2.75 bits per heavy atom. The average Bonchev–Trinajstić information content (AvgIpc) is 3.08. The number of aromatic carboxylic acids is 1. The number of hydrogen-bond acceptors (Lipinski definition) is 4. The summed E-state index contributed by atoms with van der Waals surface area (Å²) < 4.78 is 0. The van der Waals surface area contributed by atoms with Crippen LogP contribution in [0.2, 0.25) is 0 Å². The van der Waals surface area contributed by atoms with E-state index in [1.807, 2.05) is 11.8 Å². The summed E-state index contributed by atoms with van der Waals surface area (Å²) in [5.74, 6) is -1.06. The first-order chi connectivity index (χ1) is 9.58. The Labute approximate surface area is 124 Å². The second-order valence-corrected chi connectivity index (χ2v) is 6.78. The van der Waals surface area contributed by atoms with E-state index in [1.165, 1.54) is 16.5 Å². The van der Waals surface area contributed by atoms with Crippen molar-refractivity contribution in [2.45, 2.75) is 19.4 Å². The molecule has 20 heavy (non-hydrogen) atoms. The molecule has 0 spiro atoms. The van der Waals surface area contributed by atoms with Crippen LogP contribution < -0.4 is 0 Å². The lowest BCUT2D eigenvalue weighted by molar-refractivity contribution is 0.0682. The summed E-state index contributed by atoms with van der Waals surface area (Å²) >= 11 is 2.77. The number of carbonyl (C=O) groups is 2. The van der Waals surface area contributed by atoms with Crippen LogP contribution in [0, 0.1) is 0 Å². The highest BCUT2D eigenvalue weighted by atomic mass is 32.1. The summed E-state index contributed by atoms with van der Waals surface area (Å²) in [6.07, 6.45) is 0.875. The Morgan fingerprint density at radius 1 is 1.30 bits per heavy atom. The fraction of sp³-hybridized carbons (Fsp3) is 0.286. The Morgan fingerprint density at radius 2 is 2.05 bits per heavy atom. The van der Waals surface area contributed by atoms with Gasteiger partial charge in [-0.2, -0.15) is 0 Å². The number of carbonyl (C=O) groups excluding carboxylic acids is 1. The van der Waals surface area contributed by atoms with Crippen molar-refractivity contribution in [1.29, 1.82) is 0 Å². The fourth-order valence-corrected chi connectivity index (χ4v) is 4.26. The average molecular weight is 307 g/mol. The van der Waals surface area contributed by atoms with Gasteiger partial charge >= 0.3 is 5.97 Å². The maximum atomic E-state index is 12.5. The maximum absolute atomic E-state index is 12.5. The molecule has 1 atom stereocenters. The van der Waals surface area contributed by atoms with Gasteiger partial charge in [0.05, 0.1) is 10.9 Å². The summed E-state index contributed by atoms with van der Waals surface area (Å²) in [6.45, 7) is 2.71. The van der Waals surface area contributed by atoms with Crippen LogP contribution in [0.15, 0.2) is 23.6 Å². The van der Waals surface area contributed by atoms with Crippen molar-refractivity contribution in [2.75, 3.05) is 6.54 Å². The highest BCUT2D eigenvalue weighted by Crippen LogP contribution is 2.34. The molecule has 2 aromatic heterocycles. The largest absolute Gasteiger partial charge is 0.477 e.